The molecule has 0 aliphatic heterocycles. The van der Waals surface area contributed by atoms with Gasteiger partial charge in [0.05, 0.1) is 22.3 Å². The van der Waals surface area contributed by atoms with Gasteiger partial charge < -0.3 is 15.5 Å². The van der Waals surface area contributed by atoms with Gasteiger partial charge in [0.1, 0.15) is 5.82 Å². The largest absolute Gasteiger partial charge is 0.418 e. The van der Waals surface area contributed by atoms with E-state index in [2.05, 4.69) is 25.6 Å². The Balaban J connectivity index is 1.79. The van der Waals surface area contributed by atoms with E-state index in [0.717, 1.165) is 18.2 Å². The maximum atomic E-state index is 13.6. The molecule has 0 saturated carbocycles. The van der Waals surface area contributed by atoms with Crippen LogP contribution in [0, 0.1) is 0 Å². The van der Waals surface area contributed by atoms with Crippen LogP contribution in [0.4, 0.5) is 37.8 Å². The molecule has 2 aromatic carbocycles. The first kappa shape index (κ1) is 27.8. The highest BCUT2D eigenvalue weighted by Crippen LogP contribution is 2.37. The lowest BCUT2D eigenvalue weighted by molar-refractivity contribution is -0.138. The summed E-state index contributed by atoms with van der Waals surface area (Å²) in [4.78, 5) is 27.1. The topological polar surface area (TPSA) is 83.0 Å². The Morgan fingerprint density at radius 3 is 2.28 bits per heavy atom. The average molecular weight is 548 g/mol. The summed E-state index contributed by atoms with van der Waals surface area (Å²) >= 11 is 0. The van der Waals surface area contributed by atoms with Gasteiger partial charge in [-0.2, -0.15) is 26.3 Å². The Hall–Kier alpha value is -4.26. The molecule has 0 radical (unpaired) electrons. The van der Waals surface area contributed by atoms with Gasteiger partial charge in [-0.05, 0) is 62.6 Å². The molecule has 2 heterocycles. The van der Waals surface area contributed by atoms with Gasteiger partial charge >= 0.3 is 12.4 Å². The van der Waals surface area contributed by atoms with E-state index in [1.165, 1.54) is 42.6 Å². The Kier molecular flexibility index (Phi) is 7.72. The third-order valence-electron chi connectivity index (χ3n) is 5.61. The van der Waals surface area contributed by atoms with Crippen LogP contribution in [0.15, 0.2) is 60.8 Å². The molecule has 2 aromatic heterocycles. The summed E-state index contributed by atoms with van der Waals surface area (Å²) < 4.78 is 79.7. The molecule has 4 aromatic rings. The summed E-state index contributed by atoms with van der Waals surface area (Å²) in [7, 11) is 3.64. The van der Waals surface area contributed by atoms with Crippen LogP contribution < -0.4 is 10.6 Å². The smallest absolute Gasteiger partial charge is 0.348 e. The quantitative estimate of drug-likeness (QED) is 0.286. The first-order chi connectivity index (χ1) is 18.3. The summed E-state index contributed by atoms with van der Waals surface area (Å²) in [6.07, 6.45) is -7.94. The molecule has 7 nitrogen and oxygen atoms in total. The number of aromatic nitrogens is 3. The van der Waals surface area contributed by atoms with Crippen molar-refractivity contribution in [3.8, 4) is 11.3 Å². The zero-order valence-corrected chi connectivity index (χ0v) is 20.7. The molecule has 0 saturated heterocycles. The zero-order valence-electron chi connectivity index (χ0n) is 20.7. The molecule has 1 amide bonds. The van der Waals surface area contributed by atoms with Crippen molar-refractivity contribution in [1.29, 1.82) is 0 Å². The lowest BCUT2D eigenvalue weighted by Gasteiger charge is -2.15. The van der Waals surface area contributed by atoms with Gasteiger partial charge in [0.15, 0.2) is 0 Å². The number of halogens is 6. The van der Waals surface area contributed by atoms with Crippen molar-refractivity contribution in [3.05, 3.63) is 77.7 Å². The molecule has 39 heavy (non-hydrogen) atoms. The van der Waals surface area contributed by atoms with Gasteiger partial charge in [0, 0.05) is 35.9 Å². The number of likely N-dealkylation sites (N-methyl/N-ethyl adjacent to an activating group) is 1. The number of alkyl halides is 6. The summed E-state index contributed by atoms with van der Waals surface area (Å²) in [5.74, 6) is -0.820. The SMILES string of the molecule is CN(C)CCNC(=O)c1nc(Nc2ccc(C(F)(F)F)cc2)c2ccc(-c3ncccc3C(F)(F)F)cc2n1. The predicted octanol–water partition coefficient (Wildman–Crippen LogP) is 5.76. The molecule has 13 heteroatoms. The lowest BCUT2D eigenvalue weighted by atomic mass is 10.0. The van der Waals surface area contributed by atoms with Crippen LogP contribution in [0.1, 0.15) is 21.7 Å². The highest BCUT2D eigenvalue weighted by atomic mass is 19.4. The molecule has 0 unspecified atom stereocenters. The zero-order chi connectivity index (χ0) is 28.4. The van der Waals surface area contributed by atoms with Crippen molar-refractivity contribution in [2.24, 2.45) is 0 Å². The molecule has 0 fully saturated rings. The minimum absolute atomic E-state index is 0.0844. The van der Waals surface area contributed by atoms with Crippen LogP contribution in [-0.2, 0) is 12.4 Å². The first-order valence-electron chi connectivity index (χ1n) is 11.5. The van der Waals surface area contributed by atoms with Gasteiger partial charge in [-0.15, -0.1) is 0 Å². The highest BCUT2D eigenvalue weighted by molar-refractivity contribution is 5.98. The average Bonchev–Trinajstić information content (AvgIpc) is 2.87. The number of fused-ring (bicyclic) bond motifs is 1. The van der Waals surface area contributed by atoms with Crippen molar-refractivity contribution in [1.82, 2.24) is 25.2 Å². The van der Waals surface area contributed by atoms with E-state index < -0.39 is 29.4 Å². The fraction of sp³-hybridized carbons (Fsp3) is 0.231. The second-order valence-electron chi connectivity index (χ2n) is 8.78. The van der Waals surface area contributed by atoms with Crippen LogP contribution in [0.25, 0.3) is 22.2 Å². The fourth-order valence-electron chi connectivity index (χ4n) is 3.69. The molecule has 0 aliphatic carbocycles. The van der Waals surface area contributed by atoms with E-state index in [-0.39, 0.29) is 40.6 Å². The minimum Gasteiger partial charge on any atom is -0.348 e. The fourth-order valence-corrected chi connectivity index (χ4v) is 3.69. The molecule has 0 bridgehead atoms. The number of benzene rings is 2. The van der Waals surface area contributed by atoms with E-state index in [9.17, 15) is 31.1 Å². The number of anilines is 2. The number of nitrogens with zero attached hydrogens (tertiary/aromatic N) is 4. The number of carbonyl (C=O) groups is 1. The van der Waals surface area contributed by atoms with Crippen LogP contribution in [0.2, 0.25) is 0 Å². The van der Waals surface area contributed by atoms with Crippen LogP contribution in [0.5, 0.6) is 0 Å². The summed E-state index contributed by atoms with van der Waals surface area (Å²) in [5, 5.41) is 5.88. The number of hydrogen-bond acceptors (Lipinski definition) is 6. The minimum atomic E-state index is -4.66. The monoisotopic (exact) mass is 548 g/mol. The van der Waals surface area contributed by atoms with Crippen molar-refractivity contribution < 1.29 is 31.1 Å². The van der Waals surface area contributed by atoms with E-state index in [1.54, 1.807) is 0 Å². The second-order valence-corrected chi connectivity index (χ2v) is 8.78. The second kappa shape index (κ2) is 10.8. The van der Waals surface area contributed by atoms with Crippen molar-refractivity contribution in [3.63, 3.8) is 0 Å². The van der Waals surface area contributed by atoms with Crippen LogP contribution in [0.3, 0.4) is 0 Å². The maximum absolute atomic E-state index is 13.6. The number of rotatable bonds is 7. The Labute approximate surface area is 218 Å². The number of carbonyl (C=O) groups excluding carboxylic acids is 1. The maximum Gasteiger partial charge on any atom is 0.418 e. The third-order valence-corrected chi connectivity index (χ3v) is 5.61. The van der Waals surface area contributed by atoms with Crippen LogP contribution in [-0.4, -0.2) is 52.9 Å². The van der Waals surface area contributed by atoms with E-state index >= 15 is 0 Å². The molecule has 2 N–H and O–H groups in total. The highest BCUT2D eigenvalue weighted by Gasteiger charge is 2.34. The molecule has 204 valence electrons. The number of hydrogen-bond donors (Lipinski definition) is 2. The third kappa shape index (κ3) is 6.60. The molecular weight excluding hydrogens is 526 g/mol. The lowest BCUT2D eigenvalue weighted by Crippen LogP contribution is -2.32. The predicted molar refractivity (Wildman–Crippen MR) is 133 cm³/mol. The molecular formula is C26H22F6N6O. The van der Waals surface area contributed by atoms with Gasteiger partial charge in [-0.3, -0.25) is 9.78 Å². The van der Waals surface area contributed by atoms with Gasteiger partial charge in [-0.25, -0.2) is 9.97 Å². The van der Waals surface area contributed by atoms with Gasteiger partial charge in [0.25, 0.3) is 5.91 Å². The van der Waals surface area contributed by atoms with Crippen molar-refractivity contribution in [2.45, 2.75) is 12.4 Å². The molecule has 0 aliphatic rings. The van der Waals surface area contributed by atoms with Gasteiger partial charge in [0.2, 0.25) is 5.82 Å². The standard InChI is InChI=1S/C26H22F6N6O/c1-38(2)13-12-34-24(39)23-36-20-14-15(21-19(26(30,31)32)4-3-11-33-21)5-10-18(20)22(37-23)35-17-8-6-16(7-9-17)25(27,28)29/h3-11,14H,12-13H2,1-2H3,(H,34,39)(H,35,36,37). The summed E-state index contributed by atoms with van der Waals surface area (Å²) in [5.41, 5.74) is -1.62. The number of nitrogens with one attached hydrogen (secondary N) is 2. The van der Waals surface area contributed by atoms with E-state index in [0.29, 0.717) is 11.9 Å². The normalized spacial score (nSPS) is 12.1. The molecule has 4 rings (SSSR count). The Morgan fingerprint density at radius 2 is 1.64 bits per heavy atom. The summed E-state index contributed by atoms with van der Waals surface area (Å²) in [6, 6.07) is 10.5. The Bertz CT molecular complexity index is 1490. The first-order valence-corrected chi connectivity index (χ1v) is 11.5. The number of amides is 1. The van der Waals surface area contributed by atoms with Crippen LogP contribution >= 0.6 is 0 Å². The molecule has 0 atom stereocenters. The van der Waals surface area contributed by atoms with Crippen molar-refractivity contribution in [2.75, 3.05) is 32.5 Å². The van der Waals surface area contributed by atoms with Gasteiger partial charge in [-0.1, -0.05) is 6.07 Å². The van der Waals surface area contributed by atoms with E-state index in [4.69, 9.17) is 0 Å². The number of pyridine rings is 1. The van der Waals surface area contributed by atoms with Crippen molar-refractivity contribution >= 4 is 28.3 Å². The molecule has 0 spiro atoms. The van der Waals surface area contributed by atoms with E-state index in [1.807, 2.05) is 19.0 Å². The summed E-state index contributed by atoms with van der Waals surface area (Å²) in [6.45, 7) is 0.803. The Morgan fingerprint density at radius 1 is 0.923 bits per heavy atom.